The Morgan fingerprint density at radius 1 is 0.542 bits per heavy atom. The molecule has 0 saturated heterocycles. The van der Waals surface area contributed by atoms with E-state index >= 15 is 0 Å². The van der Waals surface area contributed by atoms with Gasteiger partial charge in [0.25, 0.3) is 0 Å². The third-order valence-electron chi connectivity index (χ3n) is 3.99. The van der Waals surface area contributed by atoms with Gasteiger partial charge in [-0.1, -0.05) is 0 Å². The second-order valence-corrected chi connectivity index (χ2v) is 12.3. The molecule has 2 heteroatoms. The van der Waals surface area contributed by atoms with Crippen LogP contribution in [0.2, 0.25) is 0 Å². The van der Waals surface area contributed by atoms with Crippen molar-refractivity contribution in [2.24, 2.45) is 0 Å². The summed E-state index contributed by atoms with van der Waals surface area (Å²) in [6.07, 6.45) is 4.32. The Balaban J connectivity index is 2.40. The van der Waals surface area contributed by atoms with Gasteiger partial charge >= 0.3 is 145 Å². The van der Waals surface area contributed by atoms with E-state index in [-0.39, 0.29) is 0 Å². The van der Waals surface area contributed by atoms with Gasteiger partial charge in [0.1, 0.15) is 0 Å². The normalized spacial score (nSPS) is 11.3. The second-order valence-electron chi connectivity index (χ2n) is 5.40. The molecule has 118 valence electrons. The van der Waals surface area contributed by atoms with Crippen molar-refractivity contribution in [3.8, 4) is 0 Å². The second kappa shape index (κ2) is 7.85. The summed E-state index contributed by atoms with van der Waals surface area (Å²) in [5, 5.41) is 0. The van der Waals surface area contributed by atoms with Gasteiger partial charge in [0.05, 0.1) is 0 Å². The number of benzene rings is 3. The van der Waals surface area contributed by atoms with E-state index < -0.39 is 13.1 Å². The topological polar surface area (TPSA) is 17.1 Å². The molecule has 0 radical (unpaired) electrons. The first-order valence-electron chi connectivity index (χ1n) is 7.90. The molecule has 0 fully saturated rings. The fourth-order valence-corrected chi connectivity index (χ4v) is 10.7. The molecule has 3 rings (SSSR count). The van der Waals surface area contributed by atoms with Crippen LogP contribution in [0, 0.1) is 0 Å². The van der Waals surface area contributed by atoms with Crippen LogP contribution in [0.25, 0.3) is 0 Å². The van der Waals surface area contributed by atoms with Gasteiger partial charge in [-0.15, -0.1) is 0 Å². The first-order chi connectivity index (χ1) is 11.9. The van der Waals surface area contributed by atoms with Crippen LogP contribution in [0.3, 0.4) is 0 Å². The molecule has 0 amide bonds. The molecule has 0 aliphatic rings. The summed E-state index contributed by atoms with van der Waals surface area (Å²) >= 11 is -2.78. The van der Waals surface area contributed by atoms with Crippen LogP contribution >= 0.6 is 0 Å². The first-order valence-corrected chi connectivity index (χ1v) is 11.8. The first kappa shape index (κ1) is 16.4. The number of allylic oxidation sites excluding steroid dienone is 2. The van der Waals surface area contributed by atoms with E-state index in [9.17, 15) is 4.79 Å². The standard InChI is InChI=1S/C22H19AsO/c24-19-11-10-18-23(20-12-4-1-5-13-20,21-14-6-2-7-15-21)22-16-8-3-9-17-22/h1-19H/b11-10+. The molecular formula is C22H19AsO. The van der Waals surface area contributed by atoms with E-state index in [1.807, 2.05) is 24.3 Å². The molecule has 0 atom stereocenters. The van der Waals surface area contributed by atoms with Crippen molar-refractivity contribution in [3.63, 3.8) is 0 Å². The SMILES string of the molecule is O=C/C=C/C=[As](c1ccccc1)(c1ccccc1)c1ccccc1. The van der Waals surface area contributed by atoms with Crippen molar-refractivity contribution in [1.82, 2.24) is 0 Å². The minimum atomic E-state index is -2.78. The number of hydrogen-bond donors (Lipinski definition) is 0. The van der Waals surface area contributed by atoms with Crippen LogP contribution in [0.1, 0.15) is 0 Å². The Hall–Kier alpha value is -2.50. The Morgan fingerprint density at radius 3 is 1.25 bits per heavy atom. The zero-order valence-corrected chi connectivity index (χ0v) is 15.2. The van der Waals surface area contributed by atoms with Gasteiger partial charge in [-0.25, -0.2) is 0 Å². The average molecular weight is 374 g/mol. The number of carbonyl (C=O) groups excluding carboxylic acids is 1. The van der Waals surface area contributed by atoms with E-state index in [1.165, 1.54) is 13.1 Å². The van der Waals surface area contributed by atoms with E-state index in [0.717, 1.165) is 6.29 Å². The maximum atomic E-state index is 10.8. The molecule has 0 aromatic heterocycles. The Bertz CT molecular complexity index is 762. The average Bonchev–Trinajstić information content (AvgIpc) is 2.68. The predicted octanol–water partition coefficient (Wildman–Crippen LogP) is 2.30. The zero-order chi connectivity index (χ0) is 16.7. The zero-order valence-electron chi connectivity index (χ0n) is 13.3. The predicted molar refractivity (Wildman–Crippen MR) is 105 cm³/mol. The van der Waals surface area contributed by atoms with Crippen LogP contribution in [-0.2, 0) is 4.79 Å². The molecule has 0 heterocycles. The van der Waals surface area contributed by atoms with Crippen molar-refractivity contribution < 1.29 is 4.79 Å². The van der Waals surface area contributed by atoms with E-state index in [1.54, 1.807) is 6.08 Å². The van der Waals surface area contributed by atoms with Crippen LogP contribution in [-0.4, -0.2) is 24.2 Å². The van der Waals surface area contributed by atoms with Gasteiger partial charge in [0.2, 0.25) is 0 Å². The van der Waals surface area contributed by atoms with Gasteiger partial charge in [-0.05, 0) is 0 Å². The van der Waals surface area contributed by atoms with Crippen molar-refractivity contribution >= 4 is 37.3 Å². The fraction of sp³-hybridized carbons (Fsp3) is 0. The Morgan fingerprint density at radius 2 is 0.917 bits per heavy atom. The van der Waals surface area contributed by atoms with Gasteiger partial charge in [-0.3, -0.25) is 0 Å². The van der Waals surface area contributed by atoms with Crippen molar-refractivity contribution in [2.75, 3.05) is 0 Å². The minimum absolute atomic E-state index is 0.835. The molecule has 0 saturated carbocycles. The molecular weight excluding hydrogens is 355 g/mol. The molecule has 1 nitrogen and oxygen atoms in total. The molecule has 3 aromatic rings. The molecule has 3 aromatic carbocycles. The summed E-state index contributed by atoms with van der Waals surface area (Å²) in [6, 6.07) is 31.9. The third-order valence-corrected chi connectivity index (χ3v) is 12.3. The van der Waals surface area contributed by atoms with Gasteiger partial charge in [0, 0.05) is 0 Å². The molecule has 0 N–H and O–H groups in total. The molecule has 0 spiro atoms. The summed E-state index contributed by atoms with van der Waals surface area (Å²) in [7, 11) is 0. The number of rotatable bonds is 5. The van der Waals surface area contributed by atoms with Crippen molar-refractivity contribution in [1.29, 1.82) is 0 Å². The van der Waals surface area contributed by atoms with Crippen molar-refractivity contribution in [2.45, 2.75) is 0 Å². The molecule has 24 heavy (non-hydrogen) atoms. The van der Waals surface area contributed by atoms with E-state index in [4.69, 9.17) is 0 Å². The number of hydrogen-bond acceptors (Lipinski definition) is 1. The van der Waals surface area contributed by atoms with Gasteiger partial charge in [0.15, 0.2) is 0 Å². The van der Waals surface area contributed by atoms with Crippen LogP contribution < -0.4 is 13.1 Å². The summed E-state index contributed by atoms with van der Waals surface area (Å²) in [5.41, 5.74) is 0. The van der Waals surface area contributed by atoms with Gasteiger partial charge < -0.3 is 0 Å². The number of aldehydes is 1. The molecule has 0 unspecified atom stereocenters. The third kappa shape index (κ3) is 3.22. The monoisotopic (exact) mass is 374 g/mol. The molecule has 0 aliphatic heterocycles. The summed E-state index contributed by atoms with van der Waals surface area (Å²) < 4.78 is 4.01. The summed E-state index contributed by atoms with van der Waals surface area (Å²) in [5.74, 6) is 0. The molecule has 0 aliphatic carbocycles. The van der Waals surface area contributed by atoms with Crippen LogP contribution in [0.4, 0.5) is 0 Å². The van der Waals surface area contributed by atoms with Crippen LogP contribution in [0.15, 0.2) is 103 Å². The Labute approximate surface area is 145 Å². The maximum absolute atomic E-state index is 10.8. The van der Waals surface area contributed by atoms with Crippen LogP contribution in [0.5, 0.6) is 0 Å². The van der Waals surface area contributed by atoms with E-state index in [0.29, 0.717) is 0 Å². The Kier molecular flexibility index (Phi) is 5.35. The fourth-order valence-electron chi connectivity index (χ4n) is 2.92. The summed E-state index contributed by atoms with van der Waals surface area (Å²) in [6.45, 7) is 0. The van der Waals surface area contributed by atoms with Crippen molar-refractivity contribution in [3.05, 3.63) is 103 Å². The quantitative estimate of drug-likeness (QED) is 0.381. The molecule has 0 bridgehead atoms. The van der Waals surface area contributed by atoms with E-state index in [2.05, 4.69) is 77.6 Å². The summed E-state index contributed by atoms with van der Waals surface area (Å²) in [4.78, 5) is 13.1. The number of carbonyl (C=O) groups is 1. The van der Waals surface area contributed by atoms with Gasteiger partial charge in [-0.2, -0.15) is 0 Å².